The van der Waals surface area contributed by atoms with Crippen molar-refractivity contribution >= 4 is 26.7 Å². The zero-order valence-corrected chi connectivity index (χ0v) is 13.3. The summed E-state index contributed by atoms with van der Waals surface area (Å²) in [5.41, 5.74) is 1.37. The first-order chi connectivity index (χ1) is 10.3. The summed E-state index contributed by atoms with van der Waals surface area (Å²) in [6.07, 6.45) is 2.09. The van der Waals surface area contributed by atoms with Gasteiger partial charge in [-0.3, -0.25) is 0 Å². The Kier molecular flexibility index (Phi) is 4.56. The van der Waals surface area contributed by atoms with Gasteiger partial charge in [0, 0.05) is 4.47 Å². The van der Waals surface area contributed by atoms with E-state index in [4.69, 9.17) is 4.74 Å². The second-order valence-corrected chi connectivity index (χ2v) is 6.01. The van der Waals surface area contributed by atoms with Gasteiger partial charge < -0.3 is 4.74 Å². The highest BCUT2D eigenvalue weighted by Crippen LogP contribution is 2.24. The van der Waals surface area contributed by atoms with Gasteiger partial charge in [0.2, 0.25) is 0 Å². The monoisotopic (exact) mass is 340 g/mol. The molecule has 0 unspecified atom stereocenters. The fourth-order valence-electron chi connectivity index (χ4n) is 2.40. The van der Waals surface area contributed by atoms with E-state index in [0.29, 0.717) is 0 Å². The molecule has 0 spiro atoms. The number of benzene rings is 3. The van der Waals surface area contributed by atoms with E-state index in [1.807, 2.05) is 12.1 Å². The van der Waals surface area contributed by atoms with Crippen LogP contribution in [0.4, 0.5) is 0 Å². The molecule has 0 amide bonds. The van der Waals surface area contributed by atoms with Crippen LogP contribution in [0.1, 0.15) is 12.0 Å². The fraction of sp³-hybridized carbons (Fsp3) is 0.158. The Bertz CT molecular complexity index is 722. The molecule has 0 fully saturated rings. The van der Waals surface area contributed by atoms with Crippen LogP contribution in [0.15, 0.2) is 71.2 Å². The van der Waals surface area contributed by atoms with Crippen molar-refractivity contribution in [3.05, 3.63) is 76.8 Å². The fourth-order valence-corrected chi connectivity index (χ4v) is 2.77. The molecule has 0 aliphatic carbocycles. The van der Waals surface area contributed by atoms with Crippen molar-refractivity contribution < 1.29 is 4.74 Å². The van der Waals surface area contributed by atoms with E-state index in [-0.39, 0.29) is 0 Å². The summed E-state index contributed by atoms with van der Waals surface area (Å²) in [5, 5.41) is 2.43. The zero-order valence-electron chi connectivity index (χ0n) is 11.8. The number of fused-ring (bicyclic) bond motifs is 1. The lowest BCUT2D eigenvalue weighted by molar-refractivity contribution is 0.311. The van der Waals surface area contributed by atoms with Crippen LogP contribution in [-0.4, -0.2) is 6.61 Å². The van der Waals surface area contributed by atoms with Crippen molar-refractivity contribution in [2.45, 2.75) is 12.8 Å². The van der Waals surface area contributed by atoms with Gasteiger partial charge in [-0.15, -0.1) is 0 Å². The highest BCUT2D eigenvalue weighted by atomic mass is 79.9. The number of rotatable bonds is 5. The molecule has 0 radical (unpaired) electrons. The Hall–Kier alpha value is -1.80. The molecule has 2 heteroatoms. The third-order valence-corrected chi connectivity index (χ3v) is 3.99. The van der Waals surface area contributed by atoms with Crippen molar-refractivity contribution in [2.24, 2.45) is 0 Å². The Morgan fingerprint density at radius 2 is 1.57 bits per heavy atom. The first kappa shape index (κ1) is 14.2. The second kappa shape index (κ2) is 6.77. The minimum atomic E-state index is 0.747. The first-order valence-corrected chi connectivity index (χ1v) is 7.97. The van der Waals surface area contributed by atoms with Crippen LogP contribution in [0.2, 0.25) is 0 Å². The highest BCUT2D eigenvalue weighted by Gasteiger charge is 1.99. The maximum atomic E-state index is 5.85. The van der Waals surface area contributed by atoms with E-state index in [1.54, 1.807) is 0 Å². The SMILES string of the molecule is Brc1ccc2cc(OCCCc3ccccc3)ccc2c1. The molecule has 0 aliphatic heterocycles. The van der Waals surface area contributed by atoms with Gasteiger partial charge in [-0.25, -0.2) is 0 Å². The number of ether oxygens (including phenoxy) is 1. The molecule has 0 aromatic heterocycles. The standard InChI is InChI=1S/C19H17BrO/c20-18-10-8-17-14-19(11-9-16(17)13-18)21-12-4-7-15-5-2-1-3-6-15/h1-3,5-6,8-11,13-14H,4,7,12H2. The molecule has 0 saturated heterocycles. The molecule has 1 nitrogen and oxygen atoms in total. The average Bonchev–Trinajstić information content (AvgIpc) is 2.52. The van der Waals surface area contributed by atoms with Gasteiger partial charge in [-0.05, 0) is 53.4 Å². The smallest absolute Gasteiger partial charge is 0.119 e. The molecular formula is C19H17BrO. The Morgan fingerprint density at radius 3 is 2.43 bits per heavy atom. The quantitative estimate of drug-likeness (QED) is 0.548. The van der Waals surface area contributed by atoms with Crippen LogP contribution >= 0.6 is 15.9 Å². The van der Waals surface area contributed by atoms with Gasteiger partial charge in [0.25, 0.3) is 0 Å². The molecule has 0 saturated carbocycles. The molecule has 21 heavy (non-hydrogen) atoms. The maximum absolute atomic E-state index is 5.85. The van der Waals surface area contributed by atoms with Crippen LogP contribution in [0.5, 0.6) is 5.75 Å². The maximum Gasteiger partial charge on any atom is 0.119 e. The van der Waals surface area contributed by atoms with Gasteiger partial charge in [-0.2, -0.15) is 0 Å². The summed E-state index contributed by atoms with van der Waals surface area (Å²) in [5.74, 6) is 0.942. The third-order valence-electron chi connectivity index (χ3n) is 3.50. The van der Waals surface area contributed by atoms with E-state index < -0.39 is 0 Å². The van der Waals surface area contributed by atoms with Crippen molar-refractivity contribution in [2.75, 3.05) is 6.61 Å². The summed E-state index contributed by atoms with van der Waals surface area (Å²) in [6.45, 7) is 0.747. The molecular weight excluding hydrogens is 324 g/mol. The van der Waals surface area contributed by atoms with Gasteiger partial charge in [0.15, 0.2) is 0 Å². The molecule has 3 rings (SSSR count). The molecule has 0 aliphatic rings. The Morgan fingerprint density at radius 1 is 0.810 bits per heavy atom. The summed E-state index contributed by atoms with van der Waals surface area (Å²) in [4.78, 5) is 0. The lowest BCUT2D eigenvalue weighted by Crippen LogP contribution is -1.99. The van der Waals surface area contributed by atoms with Crippen LogP contribution < -0.4 is 4.74 Å². The van der Waals surface area contributed by atoms with Crippen LogP contribution in [0, 0.1) is 0 Å². The molecule has 3 aromatic rings. The first-order valence-electron chi connectivity index (χ1n) is 7.17. The highest BCUT2D eigenvalue weighted by molar-refractivity contribution is 9.10. The number of aryl methyl sites for hydroxylation is 1. The average molecular weight is 341 g/mol. The molecule has 0 heterocycles. The number of hydrogen-bond acceptors (Lipinski definition) is 1. The summed E-state index contributed by atoms with van der Waals surface area (Å²) >= 11 is 3.49. The van der Waals surface area contributed by atoms with E-state index in [1.165, 1.54) is 16.3 Å². The topological polar surface area (TPSA) is 9.23 Å². The van der Waals surface area contributed by atoms with E-state index in [0.717, 1.165) is 29.7 Å². The minimum absolute atomic E-state index is 0.747. The van der Waals surface area contributed by atoms with Gasteiger partial charge in [-0.1, -0.05) is 58.4 Å². The lowest BCUT2D eigenvalue weighted by atomic mass is 10.1. The van der Waals surface area contributed by atoms with Crippen molar-refractivity contribution in [3.8, 4) is 5.75 Å². The predicted octanol–water partition coefficient (Wildman–Crippen LogP) is 5.61. The summed E-state index contributed by atoms with van der Waals surface area (Å²) in [6, 6.07) is 23.1. The third kappa shape index (κ3) is 3.85. The van der Waals surface area contributed by atoms with Crippen molar-refractivity contribution in [3.63, 3.8) is 0 Å². The molecule has 0 bridgehead atoms. The van der Waals surface area contributed by atoms with E-state index >= 15 is 0 Å². The van der Waals surface area contributed by atoms with Crippen LogP contribution in [-0.2, 0) is 6.42 Å². The second-order valence-electron chi connectivity index (χ2n) is 5.09. The normalized spacial score (nSPS) is 10.7. The largest absolute Gasteiger partial charge is 0.494 e. The Labute approximate surface area is 133 Å². The van der Waals surface area contributed by atoms with Crippen LogP contribution in [0.25, 0.3) is 10.8 Å². The number of hydrogen-bond donors (Lipinski definition) is 0. The lowest BCUT2D eigenvalue weighted by Gasteiger charge is -2.08. The van der Waals surface area contributed by atoms with Gasteiger partial charge >= 0.3 is 0 Å². The van der Waals surface area contributed by atoms with Gasteiger partial charge in [0.05, 0.1) is 6.61 Å². The van der Waals surface area contributed by atoms with Crippen molar-refractivity contribution in [1.29, 1.82) is 0 Å². The summed E-state index contributed by atoms with van der Waals surface area (Å²) < 4.78 is 6.96. The van der Waals surface area contributed by atoms with Gasteiger partial charge in [0.1, 0.15) is 5.75 Å². The molecule has 106 valence electrons. The Balaban J connectivity index is 1.57. The van der Waals surface area contributed by atoms with Crippen molar-refractivity contribution in [1.82, 2.24) is 0 Å². The zero-order chi connectivity index (χ0) is 14.5. The predicted molar refractivity (Wildman–Crippen MR) is 91.9 cm³/mol. The van der Waals surface area contributed by atoms with E-state index in [9.17, 15) is 0 Å². The molecule has 0 atom stereocenters. The molecule has 3 aromatic carbocycles. The molecule has 0 N–H and O–H groups in total. The minimum Gasteiger partial charge on any atom is -0.494 e. The summed E-state index contributed by atoms with van der Waals surface area (Å²) in [7, 11) is 0. The van der Waals surface area contributed by atoms with Crippen LogP contribution in [0.3, 0.4) is 0 Å². The number of halogens is 1. The van der Waals surface area contributed by atoms with E-state index in [2.05, 4.69) is 70.5 Å².